The van der Waals surface area contributed by atoms with Crippen LogP contribution in [0.3, 0.4) is 0 Å². The first-order chi connectivity index (χ1) is 16.0. The van der Waals surface area contributed by atoms with E-state index < -0.39 is 0 Å². The maximum absolute atomic E-state index is 12.3. The van der Waals surface area contributed by atoms with E-state index in [0.29, 0.717) is 13.2 Å². The van der Waals surface area contributed by atoms with Gasteiger partial charge in [-0.1, -0.05) is 26.0 Å². The Hall–Kier alpha value is -3.68. The minimum absolute atomic E-state index is 0.123. The maximum atomic E-state index is 12.3. The molecule has 0 spiro atoms. The Morgan fingerprint density at radius 3 is 2.79 bits per heavy atom. The van der Waals surface area contributed by atoms with Crippen molar-refractivity contribution < 1.29 is 9.53 Å². The summed E-state index contributed by atoms with van der Waals surface area (Å²) in [5, 5.41) is 6.16. The number of nitrogens with one attached hydrogen (secondary N) is 2. The van der Waals surface area contributed by atoms with Gasteiger partial charge >= 0.3 is 6.03 Å². The van der Waals surface area contributed by atoms with Gasteiger partial charge in [-0.15, -0.1) is 0 Å². The number of ether oxygens (including phenoxy) is 1. The van der Waals surface area contributed by atoms with Gasteiger partial charge in [-0.2, -0.15) is 0 Å². The Morgan fingerprint density at radius 2 is 2.03 bits per heavy atom. The molecule has 0 fully saturated rings. The zero-order valence-corrected chi connectivity index (χ0v) is 19.5. The van der Waals surface area contributed by atoms with Gasteiger partial charge < -0.3 is 15.4 Å². The van der Waals surface area contributed by atoms with Crippen LogP contribution in [0.25, 0.3) is 11.3 Å². The second kappa shape index (κ2) is 9.85. The van der Waals surface area contributed by atoms with Gasteiger partial charge in [0.25, 0.3) is 0 Å². The first kappa shape index (κ1) is 22.5. The lowest BCUT2D eigenvalue weighted by atomic mass is 9.87. The summed E-state index contributed by atoms with van der Waals surface area (Å²) in [6.45, 7) is 8.09. The Bertz CT molecular complexity index is 1120. The number of pyridine rings is 1. The van der Waals surface area contributed by atoms with E-state index in [9.17, 15) is 4.79 Å². The van der Waals surface area contributed by atoms with E-state index in [4.69, 9.17) is 4.74 Å². The topological polar surface area (TPSA) is 92.3 Å². The number of para-hydroxylation sites is 1. The van der Waals surface area contributed by atoms with Gasteiger partial charge in [-0.05, 0) is 42.5 Å². The largest absolute Gasteiger partial charge is 0.489 e. The summed E-state index contributed by atoms with van der Waals surface area (Å²) >= 11 is 0. The number of nitrogens with zero attached hydrogens (tertiary/aromatic N) is 4. The van der Waals surface area contributed by atoms with Crippen LogP contribution >= 0.6 is 0 Å². The molecule has 0 saturated heterocycles. The number of hydrogen-bond acceptors (Lipinski definition) is 6. The van der Waals surface area contributed by atoms with Gasteiger partial charge in [0.15, 0.2) is 0 Å². The van der Waals surface area contributed by atoms with E-state index in [-0.39, 0.29) is 17.9 Å². The van der Waals surface area contributed by atoms with Gasteiger partial charge in [0, 0.05) is 37.1 Å². The van der Waals surface area contributed by atoms with Gasteiger partial charge in [-0.3, -0.25) is 9.88 Å². The van der Waals surface area contributed by atoms with Crippen LogP contribution in [-0.2, 0) is 0 Å². The molecule has 8 heteroatoms. The lowest BCUT2D eigenvalue weighted by Crippen LogP contribution is -2.43. The summed E-state index contributed by atoms with van der Waals surface area (Å²) in [4.78, 5) is 27.1. The zero-order valence-electron chi connectivity index (χ0n) is 19.5. The first-order valence-corrected chi connectivity index (χ1v) is 11.2. The van der Waals surface area contributed by atoms with E-state index in [0.717, 1.165) is 46.3 Å². The predicted octanol–water partition coefficient (Wildman–Crippen LogP) is 4.24. The van der Waals surface area contributed by atoms with Crippen molar-refractivity contribution in [2.24, 2.45) is 5.92 Å². The van der Waals surface area contributed by atoms with E-state index in [1.807, 2.05) is 43.5 Å². The summed E-state index contributed by atoms with van der Waals surface area (Å²) in [5.74, 6) is 2.06. The molecular formula is C25H30N6O2. The molecule has 1 aromatic carbocycles. The molecule has 2 N–H and O–H groups in total. The molecule has 1 aliphatic rings. The van der Waals surface area contributed by atoms with Crippen LogP contribution in [-0.4, -0.2) is 47.7 Å². The summed E-state index contributed by atoms with van der Waals surface area (Å²) in [6, 6.07) is 11.8. The van der Waals surface area contributed by atoms with Gasteiger partial charge in [0.05, 0.1) is 17.9 Å². The minimum atomic E-state index is -0.123. The average molecular weight is 447 g/mol. The van der Waals surface area contributed by atoms with Crippen molar-refractivity contribution in [1.29, 1.82) is 0 Å². The summed E-state index contributed by atoms with van der Waals surface area (Å²) < 4.78 is 6.02. The molecule has 172 valence electrons. The molecule has 0 aliphatic carbocycles. The number of rotatable bonds is 6. The molecular weight excluding hydrogens is 416 g/mol. The van der Waals surface area contributed by atoms with E-state index in [1.54, 1.807) is 18.3 Å². The molecule has 3 aromatic rings. The molecule has 1 unspecified atom stereocenters. The number of amides is 2. The maximum Gasteiger partial charge on any atom is 0.321 e. The fourth-order valence-electron chi connectivity index (χ4n) is 3.96. The molecule has 2 aromatic heterocycles. The number of fused-ring (bicyclic) bond motifs is 1. The lowest BCUT2D eigenvalue weighted by Gasteiger charge is -2.32. The summed E-state index contributed by atoms with van der Waals surface area (Å²) in [5.41, 5.74) is 4.68. The predicted molar refractivity (Wildman–Crippen MR) is 130 cm³/mol. The first-order valence-electron chi connectivity index (χ1n) is 11.2. The number of anilines is 2. The molecule has 33 heavy (non-hydrogen) atoms. The SMILES string of the molecule is CNC(=O)N1CCOc2c(C(C)[C@H](C)CNc3cc(-c4ccc(C)nc4)ncn3)cccc21. The van der Waals surface area contributed by atoms with Crippen LogP contribution in [0.2, 0.25) is 0 Å². The van der Waals surface area contributed by atoms with Crippen LogP contribution in [0.5, 0.6) is 5.75 Å². The van der Waals surface area contributed by atoms with Crippen LogP contribution in [0, 0.1) is 12.8 Å². The molecule has 0 saturated carbocycles. The average Bonchev–Trinajstić information content (AvgIpc) is 2.86. The van der Waals surface area contributed by atoms with Gasteiger partial charge in [0.2, 0.25) is 0 Å². The minimum Gasteiger partial charge on any atom is -0.489 e. The number of carbonyl (C=O) groups is 1. The monoisotopic (exact) mass is 446 g/mol. The highest BCUT2D eigenvalue weighted by Crippen LogP contribution is 2.40. The number of benzene rings is 1. The molecule has 4 rings (SSSR count). The van der Waals surface area contributed by atoms with Crippen LogP contribution < -0.4 is 20.3 Å². The molecule has 2 atom stereocenters. The highest BCUT2D eigenvalue weighted by molar-refractivity contribution is 5.94. The number of hydrogen-bond donors (Lipinski definition) is 2. The van der Waals surface area contributed by atoms with Gasteiger partial charge in [0.1, 0.15) is 24.5 Å². The Morgan fingerprint density at radius 1 is 1.18 bits per heavy atom. The molecule has 0 radical (unpaired) electrons. The van der Waals surface area contributed by atoms with E-state index in [1.165, 1.54) is 0 Å². The highest BCUT2D eigenvalue weighted by Gasteiger charge is 2.28. The van der Waals surface area contributed by atoms with Crippen molar-refractivity contribution in [2.75, 3.05) is 37.0 Å². The summed E-state index contributed by atoms with van der Waals surface area (Å²) in [6.07, 6.45) is 3.40. The number of aromatic nitrogens is 3. The van der Waals surface area contributed by atoms with Crippen LogP contribution in [0.1, 0.15) is 31.0 Å². The second-order valence-corrected chi connectivity index (χ2v) is 8.37. The standard InChI is InChI=1S/C25H30N6O2/c1-16(13-28-23-12-21(29-15-30-23)19-9-8-17(2)27-14-19)18(3)20-6-5-7-22-24(20)33-11-10-31(22)25(32)26-4/h5-9,12,14-16,18H,10-11,13H2,1-4H3,(H,26,32)(H,28,29,30)/t16-,18?/m1/s1. The smallest absolute Gasteiger partial charge is 0.321 e. The third-order valence-electron chi connectivity index (χ3n) is 6.16. The number of carbonyl (C=O) groups excluding carboxylic acids is 1. The Balaban J connectivity index is 1.47. The number of aryl methyl sites for hydroxylation is 1. The quantitative estimate of drug-likeness (QED) is 0.589. The third kappa shape index (κ3) is 4.89. The molecule has 2 amide bonds. The second-order valence-electron chi connectivity index (χ2n) is 8.37. The molecule has 1 aliphatic heterocycles. The van der Waals surface area contributed by atoms with Crippen molar-refractivity contribution in [2.45, 2.75) is 26.7 Å². The van der Waals surface area contributed by atoms with E-state index >= 15 is 0 Å². The van der Waals surface area contributed by atoms with Crippen LogP contribution in [0.15, 0.2) is 48.9 Å². The Kier molecular flexibility index (Phi) is 6.72. The zero-order chi connectivity index (χ0) is 23.4. The summed E-state index contributed by atoms with van der Waals surface area (Å²) in [7, 11) is 1.64. The third-order valence-corrected chi connectivity index (χ3v) is 6.16. The number of urea groups is 1. The molecule has 8 nitrogen and oxygen atoms in total. The molecule has 3 heterocycles. The van der Waals surface area contributed by atoms with Crippen LogP contribution in [0.4, 0.5) is 16.3 Å². The Labute approximate surface area is 194 Å². The van der Waals surface area contributed by atoms with Crippen molar-refractivity contribution in [3.05, 3.63) is 60.2 Å². The van der Waals surface area contributed by atoms with Crippen molar-refractivity contribution in [3.63, 3.8) is 0 Å². The fourth-order valence-corrected chi connectivity index (χ4v) is 3.96. The molecule has 0 bridgehead atoms. The fraction of sp³-hybridized carbons (Fsp3) is 0.360. The lowest BCUT2D eigenvalue weighted by molar-refractivity contribution is 0.241. The van der Waals surface area contributed by atoms with Crippen molar-refractivity contribution in [3.8, 4) is 17.0 Å². The highest BCUT2D eigenvalue weighted by atomic mass is 16.5. The van der Waals surface area contributed by atoms with Gasteiger partial charge in [-0.25, -0.2) is 14.8 Å². The normalized spacial score (nSPS) is 14.6. The van der Waals surface area contributed by atoms with Crippen molar-refractivity contribution >= 4 is 17.5 Å². The van der Waals surface area contributed by atoms with Crippen molar-refractivity contribution in [1.82, 2.24) is 20.3 Å². The van der Waals surface area contributed by atoms with E-state index in [2.05, 4.69) is 45.5 Å².